The third kappa shape index (κ3) is 3.10. The fourth-order valence-electron chi connectivity index (χ4n) is 3.13. The summed E-state index contributed by atoms with van der Waals surface area (Å²) in [5, 5.41) is 12.2. The third-order valence-electron chi connectivity index (χ3n) is 4.25. The molecule has 0 spiro atoms. The number of rotatable bonds is 3. The van der Waals surface area contributed by atoms with Gasteiger partial charge in [0.2, 0.25) is 0 Å². The summed E-state index contributed by atoms with van der Waals surface area (Å²) in [4.78, 5) is 6.55. The van der Waals surface area contributed by atoms with Crippen molar-refractivity contribution in [3.63, 3.8) is 0 Å². The Morgan fingerprint density at radius 1 is 1.21 bits per heavy atom. The van der Waals surface area contributed by atoms with Crippen molar-refractivity contribution in [1.29, 1.82) is 0 Å². The van der Waals surface area contributed by atoms with Crippen molar-refractivity contribution < 1.29 is 0 Å². The smallest absolute Gasteiger partial charge is 0.188 e. The molecule has 0 aliphatic carbocycles. The fraction of sp³-hybridized carbons (Fsp3) is 0.917. The van der Waals surface area contributed by atoms with Crippen LogP contribution in [0.5, 0.6) is 0 Å². The van der Waals surface area contributed by atoms with Crippen molar-refractivity contribution in [2.24, 2.45) is 12.8 Å². The molecule has 1 atom stereocenters. The Kier molecular flexibility index (Phi) is 3.76. The normalized spacial score (nSPS) is 27.2. The number of aryl methyl sites for hydroxylation is 1. The lowest BCUT2D eigenvalue weighted by Gasteiger charge is -2.34. The summed E-state index contributed by atoms with van der Waals surface area (Å²) in [6.45, 7) is 5.38. The number of hydrogen-bond donors (Lipinski definition) is 1. The highest BCUT2D eigenvalue weighted by Gasteiger charge is 2.30. The van der Waals surface area contributed by atoms with Crippen molar-refractivity contribution in [1.82, 2.24) is 30.0 Å². The molecule has 0 bridgehead atoms. The Hall–Kier alpha value is -1.05. The molecule has 106 valence electrons. The standard InChI is InChI=1S/C12H23N7/c1-17-15-12(14-16-17)9-18-5-4-11(8-18)19-6-2-10(13)3-7-19/h10-11H,2-9,13H2,1H3. The van der Waals surface area contributed by atoms with Gasteiger partial charge in [0, 0.05) is 25.2 Å². The molecule has 2 saturated heterocycles. The van der Waals surface area contributed by atoms with Crippen molar-refractivity contribution >= 4 is 0 Å². The van der Waals surface area contributed by atoms with E-state index in [1.54, 1.807) is 7.05 Å². The molecule has 1 aromatic heterocycles. The summed E-state index contributed by atoms with van der Waals surface area (Å²) < 4.78 is 0. The minimum Gasteiger partial charge on any atom is -0.328 e. The van der Waals surface area contributed by atoms with E-state index in [2.05, 4.69) is 25.2 Å². The van der Waals surface area contributed by atoms with Gasteiger partial charge in [0.15, 0.2) is 5.82 Å². The largest absolute Gasteiger partial charge is 0.328 e. The average molecular weight is 265 g/mol. The molecule has 7 heteroatoms. The summed E-state index contributed by atoms with van der Waals surface area (Å²) in [5.41, 5.74) is 5.96. The highest BCUT2D eigenvalue weighted by molar-refractivity contribution is 4.89. The first-order valence-electron chi connectivity index (χ1n) is 7.15. The monoisotopic (exact) mass is 265 g/mol. The summed E-state index contributed by atoms with van der Waals surface area (Å²) in [5.74, 6) is 0.823. The quantitative estimate of drug-likeness (QED) is 0.772. The Balaban J connectivity index is 1.50. The van der Waals surface area contributed by atoms with Crippen molar-refractivity contribution in [3.8, 4) is 0 Å². The maximum atomic E-state index is 5.96. The zero-order valence-corrected chi connectivity index (χ0v) is 11.6. The summed E-state index contributed by atoms with van der Waals surface area (Å²) in [6.07, 6.45) is 3.53. The maximum absolute atomic E-state index is 5.96. The predicted octanol–water partition coefficient (Wildman–Crippen LogP) is -0.792. The zero-order valence-electron chi connectivity index (χ0n) is 11.6. The molecule has 19 heavy (non-hydrogen) atoms. The van der Waals surface area contributed by atoms with Gasteiger partial charge < -0.3 is 5.73 Å². The second-order valence-electron chi connectivity index (χ2n) is 5.75. The highest BCUT2D eigenvalue weighted by Crippen LogP contribution is 2.20. The molecule has 1 aromatic rings. The minimum atomic E-state index is 0.414. The van der Waals surface area contributed by atoms with Gasteiger partial charge in [0.1, 0.15) is 0 Å². The minimum absolute atomic E-state index is 0.414. The van der Waals surface area contributed by atoms with Gasteiger partial charge in [0.05, 0.1) is 13.6 Å². The summed E-state index contributed by atoms with van der Waals surface area (Å²) in [7, 11) is 1.81. The van der Waals surface area contributed by atoms with Gasteiger partial charge in [-0.1, -0.05) is 0 Å². The molecule has 2 fully saturated rings. The molecule has 2 aliphatic rings. The first-order valence-corrected chi connectivity index (χ1v) is 7.15. The van der Waals surface area contributed by atoms with Gasteiger partial charge in [-0.15, -0.1) is 10.2 Å². The van der Waals surface area contributed by atoms with Gasteiger partial charge >= 0.3 is 0 Å². The number of tetrazole rings is 1. The third-order valence-corrected chi connectivity index (χ3v) is 4.25. The van der Waals surface area contributed by atoms with Crippen molar-refractivity contribution in [2.45, 2.75) is 37.9 Å². The first kappa shape index (κ1) is 13.0. The Labute approximate surface area is 113 Å². The molecule has 1 unspecified atom stereocenters. The van der Waals surface area contributed by atoms with Crippen LogP contribution in [0.25, 0.3) is 0 Å². The van der Waals surface area contributed by atoms with Crippen molar-refractivity contribution in [3.05, 3.63) is 5.82 Å². The number of piperidine rings is 1. The molecule has 2 aliphatic heterocycles. The van der Waals surface area contributed by atoms with Gasteiger partial charge in [-0.05, 0) is 37.6 Å². The number of likely N-dealkylation sites (tertiary alicyclic amines) is 2. The molecule has 0 aromatic carbocycles. The van der Waals surface area contributed by atoms with Crippen LogP contribution in [0.15, 0.2) is 0 Å². The molecule has 2 N–H and O–H groups in total. The van der Waals surface area contributed by atoms with Crippen LogP contribution in [0, 0.1) is 0 Å². The molecular formula is C12H23N7. The number of aromatic nitrogens is 4. The fourth-order valence-corrected chi connectivity index (χ4v) is 3.13. The molecule has 3 rings (SSSR count). The Morgan fingerprint density at radius 2 is 2.00 bits per heavy atom. The van der Waals surface area contributed by atoms with E-state index in [1.807, 2.05) is 0 Å². The van der Waals surface area contributed by atoms with Crippen LogP contribution in [0.3, 0.4) is 0 Å². The second-order valence-corrected chi connectivity index (χ2v) is 5.75. The Bertz CT molecular complexity index is 410. The van der Waals surface area contributed by atoms with E-state index in [9.17, 15) is 0 Å². The van der Waals surface area contributed by atoms with Crippen LogP contribution in [-0.4, -0.2) is 68.3 Å². The van der Waals surface area contributed by atoms with E-state index in [0.29, 0.717) is 12.1 Å². The van der Waals surface area contributed by atoms with E-state index in [4.69, 9.17) is 5.73 Å². The first-order chi connectivity index (χ1) is 9.20. The molecule has 7 nitrogen and oxygen atoms in total. The lowest BCUT2D eigenvalue weighted by Crippen LogP contribution is -2.46. The molecule has 0 amide bonds. The van der Waals surface area contributed by atoms with Crippen molar-refractivity contribution in [2.75, 3.05) is 26.2 Å². The number of hydrogen-bond acceptors (Lipinski definition) is 6. The Morgan fingerprint density at radius 3 is 2.68 bits per heavy atom. The predicted molar refractivity (Wildman–Crippen MR) is 71.3 cm³/mol. The van der Waals surface area contributed by atoms with Crippen LogP contribution in [0.1, 0.15) is 25.1 Å². The van der Waals surface area contributed by atoms with E-state index >= 15 is 0 Å². The van der Waals surface area contributed by atoms with Crippen LogP contribution in [0.2, 0.25) is 0 Å². The number of nitrogens with two attached hydrogens (primary N) is 1. The lowest BCUT2D eigenvalue weighted by atomic mass is 10.0. The van der Waals surface area contributed by atoms with Gasteiger partial charge in [-0.3, -0.25) is 9.80 Å². The van der Waals surface area contributed by atoms with E-state index < -0.39 is 0 Å². The van der Waals surface area contributed by atoms with E-state index in [1.165, 1.54) is 11.2 Å². The van der Waals surface area contributed by atoms with Gasteiger partial charge in [0.25, 0.3) is 0 Å². The molecular weight excluding hydrogens is 242 g/mol. The van der Waals surface area contributed by atoms with Gasteiger partial charge in [-0.2, -0.15) is 4.80 Å². The zero-order chi connectivity index (χ0) is 13.2. The molecule has 0 radical (unpaired) electrons. The van der Waals surface area contributed by atoms with Crippen LogP contribution in [0.4, 0.5) is 0 Å². The van der Waals surface area contributed by atoms with Crippen LogP contribution >= 0.6 is 0 Å². The van der Waals surface area contributed by atoms with Crippen LogP contribution < -0.4 is 5.73 Å². The topological polar surface area (TPSA) is 76.1 Å². The van der Waals surface area contributed by atoms with Crippen LogP contribution in [-0.2, 0) is 13.6 Å². The molecule has 3 heterocycles. The SMILES string of the molecule is Cn1nnc(CN2CCC(N3CCC(N)CC3)C2)n1. The average Bonchev–Trinajstić information content (AvgIpc) is 3.00. The number of nitrogens with zero attached hydrogens (tertiary/aromatic N) is 6. The summed E-state index contributed by atoms with van der Waals surface area (Å²) >= 11 is 0. The summed E-state index contributed by atoms with van der Waals surface area (Å²) in [6, 6.07) is 1.10. The highest BCUT2D eigenvalue weighted by atomic mass is 15.6. The maximum Gasteiger partial charge on any atom is 0.188 e. The lowest BCUT2D eigenvalue weighted by molar-refractivity contribution is 0.151. The second kappa shape index (κ2) is 5.52. The van der Waals surface area contributed by atoms with E-state index in [-0.39, 0.29) is 0 Å². The van der Waals surface area contributed by atoms with E-state index in [0.717, 1.165) is 51.4 Å². The van der Waals surface area contributed by atoms with Gasteiger partial charge in [-0.25, -0.2) is 0 Å². The molecule has 0 saturated carbocycles.